The summed E-state index contributed by atoms with van der Waals surface area (Å²) in [4.78, 5) is 16.1. The molecule has 0 saturated carbocycles. The normalized spacial score (nSPS) is 10.3. The summed E-state index contributed by atoms with van der Waals surface area (Å²) in [6, 6.07) is 3.62. The number of nitrogens with one attached hydrogen (secondary N) is 2. The summed E-state index contributed by atoms with van der Waals surface area (Å²) in [7, 11) is 1.69. The molecule has 1 aromatic rings. The summed E-state index contributed by atoms with van der Waals surface area (Å²) in [5.41, 5.74) is 0.601. The Labute approximate surface area is 121 Å². The standard InChI is InChI=1S/C15H25N3O2/c1-3-4-5-9-17-15(19)13-7-8-14(18-12-13)16-10-6-11-20-2/h7-8,12H,3-6,9-11H2,1-2H3,(H,16,18)(H,17,19). The molecule has 0 atom stereocenters. The van der Waals surface area contributed by atoms with Gasteiger partial charge in [-0.05, 0) is 25.0 Å². The SMILES string of the molecule is CCCCCNC(=O)c1ccc(NCCCOC)nc1. The van der Waals surface area contributed by atoms with Gasteiger partial charge in [0.15, 0.2) is 0 Å². The van der Waals surface area contributed by atoms with Crippen molar-refractivity contribution in [2.75, 3.05) is 32.1 Å². The molecule has 0 fully saturated rings. The number of aromatic nitrogens is 1. The summed E-state index contributed by atoms with van der Waals surface area (Å²) in [6.45, 7) is 4.41. The molecule has 0 bridgehead atoms. The molecule has 5 nitrogen and oxygen atoms in total. The van der Waals surface area contributed by atoms with E-state index in [-0.39, 0.29) is 5.91 Å². The fraction of sp³-hybridized carbons (Fsp3) is 0.600. The van der Waals surface area contributed by atoms with Crippen LogP contribution in [0.3, 0.4) is 0 Å². The summed E-state index contributed by atoms with van der Waals surface area (Å²) < 4.78 is 4.97. The number of amides is 1. The highest BCUT2D eigenvalue weighted by atomic mass is 16.5. The first kappa shape index (κ1) is 16.4. The summed E-state index contributed by atoms with van der Waals surface area (Å²) >= 11 is 0. The second-order valence-corrected chi connectivity index (χ2v) is 4.67. The highest BCUT2D eigenvalue weighted by molar-refractivity contribution is 5.93. The van der Waals surface area contributed by atoms with Crippen molar-refractivity contribution in [3.8, 4) is 0 Å². The minimum atomic E-state index is -0.0560. The molecule has 1 rings (SSSR count). The van der Waals surface area contributed by atoms with Gasteiger partial charge in [-0.3, -0.25) is 4.79 Å². The third kappa shape index (κ3) is 6.52. The predicted molar refractivity (Wildman–Crippen MR) is 81.1 cm³/mol. The van der Waals surface area contributed by atoms with Crippen LogP contribution in [0, 0.1) is 0 Å². The number of nitrogens with zero attached hydrogens (tertiary/aromatic N) is 1. The van der Waals surface area contributed by atoms with Gasteiger partial charge in [-0.2, -0.15) is 0 Å². The monoisotopic (exact) mass is 279 g/mol. The molecule has 0 aliphatic rings. The minimum Gasteiger partial charge on any atom is -0.385 e. The summed E-state index contributed by atoms with van der Waals surface area (Å²) in [5, 5.41) is 6.08. The van der Waals surface area contributed by atoms with Crippen molar-refractivity contribution in [3.63, 3.8) is 0 Å². The Bertz CT molecular complexity index is 379. The second kappa shape index (κ2) is 10.2. The number of rotatable bonds is 10. The average Bonchev–Trinajstić information content (AvgIpc) is 2.48. The maximum Gasteiger partial charge on any atom is 0.252 e. The van der Waals surface area contributed by atoms with Crippen molar-refractivity contribution in [2.45, 2.75) is 32.6 Å². The van der Waals surface area contributed by atoms with Crippen molar-refractivity contribution in [3.05, 3.63) is 23.9 Å². The maximum absolute atomic E-state index is 11.8. The molecule has 0 aliphatic heterocycles. The third-order valence-electron chi connectivity index (χ3n) is 2.92. The van der Waals surface area contributed by atoms with E-state index in [1.54, 1.807) is 19.4 Å². The van der Waals surface area contributed by atoms with Crippen molar-refractivity contribution in [1.82, 2.24) is 10.3 Å². The number of hydrogen-bond acceptors (Lipinski definition) is 4. The lowest BCUT2D eigenvalue weighted by Crippen LogP contribution is -2.24. The van der Waals surface area contributed by atoms with E-state index in [0.29, 0.717) is 5.56 Å². The largest absolute Gasteiger partial charge is 0.385 e. The van der Waals surface area contributed by atoms with Gasteiger partial charge >= 0.3 is 0 Å². The first-order valence-electron chi connectivity index (χ1n) is 7.25. The van der Waals surface area contributed by atoms with Gasteiger partial charge in [0.25, 0.3) is 5.91 Å². The van der Waals surface area contributed by atoms with E-state index in [1.165, 1.54) is 0 Å². The van der Waals surface area contributed by atoms with E-state index in [1.807, 2.05) is 6.07 Å². The number of methoxy groups -OCH3 is 1. The molecular formula is C15H25N3O2. The first-order chi connectivity index (χ1) is 9.77. The van der Waals surface area contributed by atoms with E-state index in [0.717, 1.165) is 51.2 Å². The third-order valence-corrected chi connectivity index (χ3v) is 2.92. The highest BCUT2D eigenvalue weighted by Crippen LogP contribution is 2.05. The Hall–Kier alpha value is -1.62. The molecule has 1 amide bonds. The molecule has 0 saturated heterocycles. The van der Waals surface area contributed by atoms with Gasteiger partial charge in [-0.1, -0.05) is 19.8 Å². The van der Waals surface area contributed by atoms with Gasteiger partial charge in [0.2, 0.25) is 0 Å². The van der Waals surface area contributed by atoms with E-state index < -0.39 is 0 Å². The van der Waals surface area contributed by atoms with Crippen LogP contribution < -0.4 is 10.6 Å². The fourth-order valence-corrected chi connectivity index (χ4v) is 1.74. The Balaban J connectivity index is 2.31. The van der Waals surface area contributed by atoms with Crippen LogP contribution in [0.25, 0.3) is 0 Å². The maximum atomic E-state index is 11.8. The molecule has 1 heterocycles. The molecule has 112 valence electrons. The summed E-state index contributed by atoms with van der Waals surface area (Å²) in [6.07, 6.45) is 5.85. The highest BCUT2D eigenvalue weighted by Gasteiger charge is 2.05. The fourth-order valence-electron chi connectivity index (χ4n) is 1.74. The Morgan fingerprint density at radius 2 is 2.10 bits per heavy atom. The lowest BCUT2D eigenvalue weighted by atomic mass is 10.2. The van der Waals surface area contributed by atoms with Crippen LogP contribution in [0.2, 0.25) is 0 Å². The van der Waals surface area contributed by atoms with Crippen LogP contribution in [0.4, 0.5) is 5.82 Å². The Kier molecular flexibility index (Phi) is 8.38. The van der Waals surface area contributed by atoms with Crippen molar-refractivity contribution < 1.29 is 9.53 Å². The number of pyridine rings is 1. The average molecular weight is 279 g/mol. The molecule has 5 heteroatoms. The zero-order chi connectivity index (χ0) is 14.6. The van der Waals surface area contributed by atoms with Crippen LogP contribution in [-0.2, 0) is 4.74 Å². The van der Waals surface area contributed by atoms with Crippen molar-refractivity contribution in [1.29, 1.82) is 0 Å². The Morgan fingerprint density at radius 1 is 1.25 bits per heavy atom. The molecule has 20 heavy (non-hydrogen) atoms. The number of anilines is 1. The van der Waals surface area contributed by atoms with Crippen LogP contribution in [-0.4, -0.2) is 37.7 Å². The van der Waals surface area contributed by atoms with Crippen molar-refractivity contribution in [2.24, 2.45) is 0 Å². The van der Waals surface area contributed by atoms with E-state index in [9.17, 15) is 4.79 Å². The minimum absolute atomic E-state index is 0.0560. The molecule has 1 aromatic heterocycles. The van der Waals surface area contributed by atoms with Crippen LogP contribution in [0.5, 0.6) is 0 Å². The smallest absolute Gasteiger partial charge is 0.252 e. The molecular weight excluding hydrogens is 254 g/mol. The number of unbranched alkanes of at least 4 members (excludes halogenated alkanes) is 2. The van der Waals surface area contributed by atoms with Crippen LogP contribution in [0.1, 0.15) is 43.0 Å². The molecule has 0 aliphatic carbocycles. The first-order valence-corrected chi connectivity index (χ1v) is 7.25. The number of ether oxygens (including phenoxy) is 1. The van der Waals surface area contributed by atoms with Gasteiger partial charge in [0, 0.05) is 33.0 Å². The lowest BCUT2D eigenvalue weighted by Gasteiger charge is -2.07. The lowest BCUT2D eigenvalue weighted by molar-refractivity contribution is 0.0952. The zero-order valence-corrected chi connectivity index (χ0v) is 12.4. The second-order valence-electron chi connectivity index (χ2n) is 4.67. The molecule has 0 aromatic carbocycles. The molecule has 0 radical (unpaired) electrons. The molecule has 2 N–H and O–H groups in total. The van der Waals surface area contributed by atoms with Gasteiger partial charge in [0.05, 0.1) is 5.56 Å². The van der Waals surface area contributed by atoms with Gasteiger partial charge in [0.1, 0.15) is 5.82 Å². The summed E-state index contributed by atoms with van der Waals surface area (Å²) in [5.74, 6) is 0.725. The van der Waals surface area contributed by atoms with Crippen molar-refractivity contribution >= 4 is 11.7 Å². The zero-order valence-electron chi connectivity index (χ0n) is 12.4. The molecule has 0 unspecified atom stereocenters. The van der Waals surface area contributed by atoms with Gasteiger partial charge in [-0.15, -0.1) is 0 Å². The number of hydrogen-bond donors (Lipinski definition) is 2. The predicted octanol–water partition coefficient (Wildman–Crippen LogP) is 2.45. The van der Waals surface area contributed by atoms with Crippen LogP contribution >= 0.6 is 0 Å². The number of carbonyl (C=O) groups is 1. The van der Waals surface area contributed by atoms with E-state index >= 15 is 0 Å². The topological polar surface area (TPSA) is 63.2 Å². The van der Waals surface area contributed by atoms with Gasteiger partial charge in [-0.25, -0.2) is 4.98 Å². The Morgan fingerprint density at radius 3 is 2.75 bits per heavy atom. The van der Waals surface area contributed by atoms with E-state index in [2.05, 4.69) is 22.5 Å². The molecule has 0 spiro atoms. The van der Waals surface area contributed by atoms with Crippen LogP contribution in [0.15, 0.2) is 18.3 Å². The number of carbonyl (C=O) groups excluding carboxylic acids is 1. The van der Waals surface area contributed by atoms with Gasteiger partial charge < -0.3 is 15.4 Å². The quantitative estimate of drug-likeness (QED) is 0.646. The van der Waals surface area contributed by atoms with E-state index in [4.69, 9.17) is 4.74 Å².